The first-order valence-electron chi connectivity index (χ1n) is 11.4. The lowest BCUT2D eigenvalue weighted by Gasteiger charge is -2.20. The van der Waals surface area contributed by atoms with Crippen LogP contribution in [-0.4, -0.2) is 44.5 Å². The van der Waals surface area contributed by atoms with Crippen LogP contribution in [0.5, 0.6) is 0 Å². The average Bonchev–Trinajstić information content (AvgIpc) is 3.14. The molecular formula is C22H36N6OS. The number of aromatic nitrogens is 4. The van der Waals surface area contributed by atoms with Crippen LogP contribution >= 0.6 is 11.8 Å². The van der Waals surface area contributed by atoms with Crippen LogP contribution in [-0.2, 0) is 11.3 Å². The van der Waals surface area contributed by atoms with Gasteiger partial charge in [-0.3, -0.25) is 4.79 Å². The molecule has 0 aromatic carbocycles. The van der Waals surface area contributed by atoms with Gasteiger partial charge in [-0.05, 0) is 24.0 Å². The Labute approximate surface area is 184 Å². The molecule has 166 valence electrons. The zero-order chi connectivity index (χ0) is 21.3. The maximum atomic E-state index is 12.2. The number of carbonyl (C=O) groups excluding carboxylic acids is 1. The van der Waals surface area contributed by atoms with Gasteiger partial charge in [-0.15, -0.1) is 0 Å². The van der Waals surface area contributed by atoms with Crippen LogP contribution < -0.4 is 10.6 Å². The first kappa shape index (κ1) is 22.8. The molecule has 30 heavy (non-hydrogen) atoms. The molecular weight excluding hydrogens is 396 g/mol. The Balaban J connectivity index is 1.57. The molecule has 1 aliphatic carbocycles. The van der Waals surface area contributed by atoms with E-state index in [-0.39, 0.29) is 5.91 Å². The predicted molar refractivity (Wildman–Crippen MR) is 124 cm³/mol. The van der Waals surface area contributed by atoms with Gasteiger partial charge in [-0.25, -0.2) is 14.6 Å². The number of nitrogens with one attached hydrogen (secondary N) is 2. The summed E-state index contributed by atoms with van der Waals surface area (Å²) in [5.74, 6) is 3.17. The minimum Gasteiger partial charge on any atom is -0.369 e. The fourth-order valence-electron chi connectivity index (χ4n) is 3.93. The Hall–Kier alpha value is -1.83. The summed E-state index contributed by atoms with van der Waals surface area (Å²) in [5, 5.41) is 12.7. The molecule has 1 saturated carbocycles. The molecule has 0 radical (unpaired) electrons. The third kappa shape index (κ3) is 6.59. The fourth-order valence-corrected chi connectivity index (χ4v) is 4.49. The van der Waals surface area contributed by atoms with Gasteiger partial charge in [0.15, 0.2) is 10.8 Å². The smallest absolute Gasteiger partial charge is 0.220 e. The molecule has 8 heteroatoms. The van der Waals surface area contributed by atoms with E-state index in [0.717, 1.165) is 46.6 Å². The quantitative estimate of drug-likeness (QED) is 0.402. The van der Waals surface area contributed by atoms with Crippen LogP contribution in [0.15, 0.2) is 11.4 Å². The summed E-state index contributed by atoms with van der Waals surface area (Å²) in [6.07, 6.45) is 10.1. The van der Waals surface area contributed by atoms with Gasteiger partial charge in [0.05, 0.1) is 18.1 Å². The van der Waals surface area contributed by atoms with E-state index in [1.165, 1.54) is 32.1 Å². The van der Waals surface area contributed by atoms with Crippen molar-refractivity contribution in [1.29, 1.82) is 0 Å². The predicted octanol–water partition coefficient (Wildman–Crippen LogP) is 4.48. The van der Waals surface area contributed by atoms with Gasteiger partial charge in [0.2, 0.25) is 5.91 Å². The van der Waals surface area contributed by atoms with Crippen molar-refractivity contribution in [2.75, 3.05) is 24.2 Å². The first-order chi connectivity index (χ1) is 14.6. The molecule has 0 bridgehead atoms. The summed E-state index contributed by atoms with van der Waals surface area (Å²) in [6, 6.07) is 0. The topological polar surface area (TPSA) is 84.7 Å². The number of anilines is 1. The number of hydrogen-bond acceptors (Lipinski definition) is 6. The lowest BCUT2D eigenvalue weighted by atomic mass is 9.86. The molecule has 2 N–H and O–H groups in total. The number of hydrogen-bond donors (Lipinski definition) is 2. The molecule has 0 unspecified atom stereocenters. The van der Waals surface area contributed by atoms with E-state index in [9.17, 15) is 4.79 Å². The van der Waals surface area contributed by atoms with Gasteiger partial charge >= 0.3 is 0 Å². The minimum absolute atomic E-state index is 0.146. The molecule has 0 aliphatic heterocycles. The third-order valence-electron chi connectivity index (χ3n) is 5.58. The SMILES string of the molecule is CCSc1nc(NCC(C)C)c2cnn(CCNC(=O)CCC3CCCCC3)c2n1. The highest BCUT2D eigenvalue weighted by atomic mass is 32.2. The van der Waals surface area contributed by atoms with E-state index in [1.807, 2.05) is 10.9 Å². The summed E-state index contributed by atoms with van der Waals surface area (Å²) in [7, 11) is 0. The number of rotatable bonds is 11. The van der Waals surface area contributed by atoms with Crippen LogP contribution in [0.3, 0.4) is 0 Å². The molecule has 2 aromatic rings. The Bertz CT molecular complexity index is 815. The van der Waals surface area contributed by atoms with Gasteiger partial charge in [0.25, 0.3) is 0 Å². The normalized spacial score (nSPS) is 15.1. The van der Waals surface area contributed by atoms with Crippen molar-refractivity contribution in [3.05, 3.63) is 6.20 Å². The average molecular weight is 433 g/mol. The maximum absolute atomic E-state index is 12.2. The van der Waals surface area contributed by atoms with Gasteiger partial charge in [-0.2, -0.15) is 5.10 Å². The van der Waals surface area contributed by atoms with Crippen molar-refractivity contribution in [3.8, 4) is 0 Å². The van der Waals surface area contributed by atoms with Crippen molar-refractivity contribution in [2.45, 2.75) is 77.4 Å². The van der Waals surface area contributed by atoms with Crippen LogP contribution in [0.2, 0.25) is 0 Å². The highest BCUT2D eigenvalue weighted by Crippen LogP contribution is 2.27. The zero-order valence-electron chi connectivity index (χ0n) is 18.6. The summed E-state index contributed by atoms with van der Waals surface area (Å²) in [6.45, 7) is 8.47. The van der Waals surface area contributed by atoms with E-state index in [0.29, 0.717) is 25.4 Å². The van der Waals surface area contributed by atoms with E-state index in [4.69, 9.17) is 4.98 Å². The summed E-state index contributed by atoms with van der Waals surface area (Å²) in [5.41, 5.74) is 0.823. The Kier molecular flexibility index (Phi) is 8.78. The lowest BCUT2D eigenvalue weighted by molar-refractivity contribution is -0.121. The van der Waals surface area contributed by atoms with E-state index < -0.39 is 0 Å². The molecule has 2 heterocycles. The molecule has 1 fully saturated rings. The third-order valence-corrected chi connectivity index (χ3v) is 6.31. The second kappa shape index (κ2) is 11.5. The zero-order valence-corrected chi connectivity index (χ0v) is 19.4. The lowest BCUT2D eigenvalue weighted by Crippen LogP contribution is -2.28. The summed E-state index contributed by atoms with van der Waals surface area (Å²) in [4.78, 5) is 21.6. The second-order valence-electron chi connectivity index (χ2n) is 8.56. The first-order valence-corrected chi connectivity index (χ1v) is 12.4. The van der Waals surface area contributed by atoms with Gasteiger partial charge in [0.1, 0.15) is 5.82 Å². The number of thioether (sulfide) groups is 1. The number of fused-ring (bicyclic) bond motifs is 1. The molecule has 2 aromatic heterocycles. The monoisotopic (exact) mass is 432 g/mol. The number of amides is 1. The van der Waals surface area contributed by atoms with Crippen LogP contribution in [0, 0.1) is 11.8 Å². The van der Waals surface area contributed by atoms with Gasteiger partial charge < -0.3 is 10.6 Å². The Morgan fingerprint density at radius 3 is 2.80 bits per heavy atom. The summed E-state index contributed by atoms with van der Waals surface area (Å²) < 4.78 is 1.87. The van der Waals surface area contributed by atoms with E-state index in [1.54, 1.807) is 11.8 Å². The molecule has 0 saturated heterocycles. The highest BCUT2D eigenvalue weighted by molar-refractivity contribution is 7.99. The maximum Gasteiger partial charge on any atom is 0.220 e. The van der Waals surface area contributed by atoms with E-state index in [2.05, 4.69) is 41.5 Å². The minimum atomic E-state index is 0.146. The van der Waals surface area contributed by atoms with Crippen molar-refractivity contribution < 1.29 is 4.79 Å². The Morgan fingerprint density at radius 1 is 1.27 bits per heavy atom. The van der Waals surface area contributed by atoms with E-state index >= 15 is 0 Å². The number of nitrogens with zero attached hydrogens (tertiary/aromatic N) is 4. The van der Waals surface area contributed by atoms with Crippen molar-refractivity contribution in [2.24, 2.45) is 11.8 Å². The fraction of sp³-hybridized carbons (Fsp3) is 0.727. The largest absolute Gasteiger partial charge is 0.369 e. The molecule has 1 amide bonds. The Morgan fingerprint density at radius 2 is 2.07 bits per heavy atom. The van der Waals surface area contributed by atoms with Gasteiger partial charge in [0, 0.05) is 19.5 Å². The standard InChI is InChI=1S/C22H36N6OS/c1-4-30-22-26-20(24-14-16(2)3)18-15-25-28(21(18)27-22)13-12-23-19(29)11-10-17-8-6-5-7-9-17/h15-17H,4-14H2,1-3H3,(H,23,29)(H,24,26,27). The molecule has 7 nitrogen and oxygen atoms in total. The molecule has 3 rings (SSSR count). The van der Waals surface area contributed by atoms with Crippen LogP contribution in [0.1, 0.15) is 65.7 Å². The summed E-state index contributed by atoms with van der Waals surface area (Å²) >= 11 is 1.63. The van der Waals surface area contributed by atoms with Crippen molar-refractivity contribution in [1.82, 2.24) is 25.1 Å². The van der Waals surface area contributed by atoms with Crippen molar-refractivity contribution in [3.63, 3.8) is 0 Å². The number of carbonyl (C=O) groups is 1. The van der Waals surface area contributed by atoms with Gasteiger partial charge in [-0.1, -0.05) is 64.6 Å². The van der Waals surface area contributed by atoms with Crippen molar-refractivity contribution >= 4 is 34.5 Å². The van der Waals surface area contributed by atoms with Crippen LogP contribution in [0.25, 0.3) is 11.0 Å². The molecule has 0 atom stereocenters. The molecule has 0 spiro atoms. The molecule has 1 aliphatic rings. The highest BCUT2D eigenvalue weighted by Gasteiger charge is 2.16. The van der Waals surface area contributed by atoms with Crippen LogP contribution in [0.4, 0.5) is 5.82 Å². The second-order valence-corrected chi connectivity index (χ2v) is 9.79.